The first-order chi connectivity index (χ1) is 7.54. The van der Waals surface area contributed by atoms with Crippen LogP contribution in [0.3, 0.4) is 0 Å². The summed E-state index contributed by atoms with van der Waals surface area (Å²) in [6, 6.07) is -0.254. The quantitative estimate of drug-likeness (QED) is 0.780. The van der Waals surface area contributed by atoms with Gasteiger partial charge < -0.3 is 10.4 Å². The van der Waals surface area contributed by atoms with Crippen molar-refractivity contribution in [3.8, 4) is 0 Å². The molecule has 0 saturated carbocycles. The molecule has 0 aliphatic carbocycles. The van der Waals surface area contributed by atoms with E-state index in [0.717, 1.165) is 5.69 Å². The Morgan fingerprint density at radius 3 is 2.56 bits per heavy atom. The molecule has 1 atom stereocenters. The zero-order valence-electron chi connectivity index (χ0n) is 9.77. The molecule has 1 aromatic rings. The van der Waals surface area contributed by atoms with Crippen molar-refractivity contribution in [2.45, 2.75) is 26.8 Å². The maximum atomic E-state index is 11.7. The third kappa shape index (κ3) is 3.27. The van der Waals surface area contributed by atoms with Gasteiger partial charge in [0, 0.05) is 6.20 Å². The molecule has 16 heavy (non-hydrogen) atoms. The monoisotopic (exact) mass is 223 g/mol. The molecule has 0 fully saturated rings. The molecule has 0 saturated heterocycles. The summed E-state index contributed by atoms with van der Waals surface area (Å²) >= 11 is 0. The Bertz CT molecular complexity index is 349. The Hall–Kier alpha value is -1.49. The third-order valence-corrected chi connectivity index (χ3v) is 2.33. The van der Waals surface area contributed by atoms with E-state index < -0.39 is 0 Å². The Balaban J connectivity index is 2.68. The van der Waals surface area contributed by atoms with Gasteiger partial charge >= 0.3 is 0 Å². The number of aliphatic hydroxyl groups is 1. The van der Waals surface area contributed by atoms with Crippen LogP contribution in [0.1, 0.15) is 30.0 Å². The zero-order valence-corrected chi connectivity index (χ0v) is 9.77. The average Bonchev–Trinajstić information content (AvgIpc) is 2.26. The molecule has 0 aromatic carbocycles. The van der Waals surface area contributed by atoms with Gasteiger partial charge in [-0.3, -0.25) is 9.78 Å². The Kier molecular flexibility index (Phi) is 4.37. The molecule has 1 heterocycles. The van der Waals surface area contributed by atoms with Gasteiger partial charge in [-0.2, -0.15) is 0 Å². The van der Waals surface area contributed by atoms with E-state index in [2.05, 4.69) is 15.3 Å². The number of carbonyl (C=O) groups is 1. The molecule has 1 rings (SSSR count). The third-order valence-electron chi connectivity index (χ3n) is 2.33. The van der Waals surface area contributed by atoms with Gasteiger partial charge in [0.05, 0.1) is 24.5 Å². The molecular weight excluding hydrogens is 206 g/mol. The number of nitrogens with zero attached hydrogens (tertiary/aromatic N) is 2. The van der Waals surface area contributed by atoms with Crippen molar-refractivity contribution in [1.82, 2.24) is 15.3 Å². The van der Waals surface area contributed by atoms with Crippen molar-refractivity contribution in [3.63, 3.8) is 0 Å². The largest absolute Gasteiger partial charge is 0.394 e. The van der Waals surface area contributed by atoms with Crippen LogP contribution in [-0.2, 0) is 0 Å². The lowest BCUT2D eigenvalue weighted by atomic mass is 10.1. The molecule has 5 heteroatoms. The van der Waals surface area contributed by atoms with Crippen LogP contribution in [0.2, 0.25) is 0 Å². The second-order valence-electron chi connectivity index (χ2n) is 4.05. The van der Waals surface area contributed by atoms with Gasteiger partial charge in [0.1, 0.15) is 5.69 Å². The van der Waals surface area contributed by atoms with E-state index in [9.17, 15) is 4.79 Å². The van der Waals surface area contributed by atoms with Crippen LogP contribution in [0.15, 0.2) is 12.4 Å². The van der Waals surface area contributed by atoms with Crippen molar-refractivity contribution in [2.24, 2.45) is 5.92 Å². The number of amides is 1. The highest BCUT2D eigenvalue weighted by molar-refractivity contribution is 5.92. The van der Waals surface area contributed by atoms with Crippen molar-refractivity contribution < 1.29 is 9.90 Å². The zero-order chi connectivity index (χ0) is 12.1. The standard InChI is InChI=1S/C11H17N3O2/c1-7(2)10(6-15)14-11(16)9-5-12-8(3)4-13-9/h4-5,7,10,15H,6H2,1-3H3,(H,14,16). The first-order valence-corrected chi connectivity index (χ1v) is 5.25. The summed E-state index contributed by atoms with van der Waals surface area (Å²) in [5.41, 5.74) is 1.03. The number of aromatic nitrogens is 2. The summed E-state index contributed by atoms with van der Waals surface area (Å²) in [6.45, 7) is 5.59. The molecule has 0 aliphatic rings. The van der Waals surface area contributed by atoms with Crippen LogP contribution in [0.25, 0.3) is 0 Å². The minimum Gasteiger partial charge on any atom is -0.394 e. The van der Waals surface area contributed by atoms with Crippen molar-refractivity contribution >= 4 is 5.91 Å². The topological polar surface area (TPSA) is 75.1 Å². The molecule has 0 spiro atoms. The summed E-state index contributed by atoms with van der Waals surface area (Å²) in [7, 11) is 0. The Morgan fingerprint density at radius 2 is 2.12 bits per heavy atom. The van der Waals surface area contributed by atoms with E-state index in [-0.39, 0.29) is 30.2 Å². The average molecular weight is 223 g/mol. The number of nitrogens with one attached hydrogen (secondary N) is 1. The predicted octanol–water partition coefficient (Wildman–Crippen LogP) is 0.532. The van der Waals surface area contributed by atoms with Gasteiger partial charge in [0.25, 0.3) is 5.91 Å². The normalized spacial score (nSPS) is 12.6. The minimum atomic E-state index is -0.305. The lowest BCUT2D eigenvalue weighted by molar-refractivity contribution is 0.0891. The predicted molar refractivity (Wildman–Crippen MR) is 59.9 cm³/mol. The van der Waals surface area contributed by atoms with Crippen LogP contribution < -0.4 is 5.32 Å². The van der Waals surface area contributed by atoms with Gasteiger partial charge in [-0.25, -0.2) is 4.98 Å². The van der Waals surface area contributed by atoms with Gasteiger partial charge in [-0.05, 0) is 12.8 Å². The lowest BCUT2D eigenvalue weighted by Gasteiger charge is -2.19. The van der Waals surface area contributed by atoms with Crippen LogP contribution in [0, 0.1) is 12.8 Å². The van der Waals surface area contributed by atoms with Crippen molar-refractivity contribution in [1.29, 1.82) is 0 Å². The van der Waals surface area contributed by atoms with E-state index in [0.29, 0.717) is 0 Å². The van der Waals surface area contributed by atoms with Crippen LogP contribution >= 0.6 is 0 Å². The first kappa shape index (κ1) is 12.6. The number of carbonyl (C=O) groups excluding carboxylic acids is 1. The minimum absolute atomic E-state index is 0.0807. The fourth-order valence-corrected chi connectivity index (χ4v) is 1.18. The molecule has 88 valence electrons. The van der Waals surface area contributed by atoms with Crippen molar-refractivity contribution in [3.05, 3.63) is 23.8 Å². The fourth-order valence-electron chi connectivity index (χ4n) is 1.18. The summed E-state index contributed by atoms with van der Waals surface area (Å²) in [5.74, 6) is -0.132. The van der Waals surface area contributed by atoms with Gasteiger partial charge in [-0.15, -0.1) is 0 Å². The van der Waals surface area contributed by atoms with E-state index in [1.54, 1.807) is 6.92 Å². The molecule has 2 N–H and O–H groups in total. The highest BCUT2D eigenvalue weighted by Crippen LogP contribution is 2.02. The summed E-state index contributed by atoms with van der Waals surface area (Å²) in [5, 5.41) is 11.8. The van der Waals surface area contributed by atoms with Gasteiger partial charge in [0.2, 0.25) is 0 Å². The van der Waals surface area contributed by atoms with Gasteiger partial charge in [-0.1, -0.05) is 13.8 Å². The van der Waals surface area contributed by atoms with Crippen LogP contribution in [0.5, 0.6) is 0 Å². The first-order valence-electron chi connectivity index (χ1n) is 5.25. The SMILES string of the molecule is Cc1cnc(C(=O)NC(CO)C(C)C)cn1. The highest BCUT2D eigenvalue weighted by atomic mass is 16.3. The number of hydrogen-bond donors (Lipinski definition) is 2. The maximum Gasteiger partial charge on any atom is 0.271 e. The number of aryl methyl sites for hydroxylation is 1. The second-order valence-corrected chi connectivity index (χ2v) is 4.05. The van der Waals surface area contributed by atoms with Crippen LogP contribution in [0.4, 0.5) is 0 Å². The molecule has 0 bridgehead atoms. The van der Waals surface area contributed by atoms with E-state index in [1.165, 1.54) is 12.4 Å². The van der Waals surface area contributed by atoms with Gasteiger partial charge in [0.15, 0.2) is 0 Å². The molecule has 5 nitrogen and oxygen atoms in total. The summed E-state index contributed by atoms with van der Waals surface area (Å²) in [6.07, 6.45) is 2.97. The van der Waals surface area contributed by atoms with Crippen LogP contribution in [-0.4, -0.2) is 33.6 Å². The fraction of sp³-hybridized carbons (Fsp3) is 0.545. The van der Waals surface area contributed by atoms with E-state index in [1.807, 2.05) is 13.8 Å². The molecule has 0 aliphatic heterocycles. The molecule has 1 unspecified atom stereocenters. The van der Waals surface area contributed by atoms with E-state index >= 15 is 0 Å². The smallest absolute Gasteiger partial charge is 0.271 e. The molecule has 1 aromatic heterocycles. The number of hydrogen-bond acceptors (Lipinski definition) is 4. The van der Waals surface area contributed by atoms with E-state index in [4.69, 9.17) is 5.11 Å². The van der Waals surface area contributed by atoms with Crippen molar-refractivity contribution in [2.75, 3.05) is 6.61 Å². The summed E-state index contributed by atoms with van der Waals surface area (Å²) < 4.78 is 0. The lowest BCUT2D eigenvalue weighted by Crippen LogP contribution is -2.41. The summed E-state index contributed by atoms with van der Waals surface area (Å²) in [4.78, 5) is 19.7. The Morgan fingerprint density at radius 1 is 1.44 bits per heavy atom. The molecule has 1 amide bonds. The number of rotatable bonds is 4. The Labute approximate surface area is 94.9 Å². The molecule has 0 radical (unpaired) electrons. The second kappa shape index (κ2) is 5.55. The highest BCUT2D eigenvalue weighted by Gasteiger charge is 2.16. The molecular formula is C11H17N3O2. The maximum absolute atomic E-state index is 11.7. The number of aliphatic hydroxyl groups excluding tert-OH is 1.